The summed E-state index contributed by atoms with van der Waals surface area (Å²) in [4.78, 5) is 46.9. The van der Waals surface area contributed by atoms with Gasteiger partial charge in [0.15, 0.2) is 5.82 Å². The zero-order valence-electron chi connectivity index (χ0n) is 25.1. The molecule has 3 N–H and O–H groups in total. The average molecular weight is 628 g/mol. The Kier molecular flexibility index (Phi) is 8.33. The number of hydrogen-bond acceptors (Lipinski definition) is 6. The maximum atomic E-state index is 13.6. The Bertz CT molecular complexity index is 1820. The quantitative estimate of drug-likeness (QED) is 0.175. The van der Waals surface area contributed by atoms with Gasteiger partial charge in [0.25, 0.3) is 5.91 Å². The molecule has 0 radical (unpaired) electrons. The minimum atomic E-state index is -1.07. The van der Waals surface area contributed by atoms with Crippen LogP contribution in [-0.4, -0.2) is 49.6 Å². The van der Waals surface area contributed by atoms with Crippen LogP contribution < -0.4 is 15.4 Å². The van der Waals surface area contributed by atoms with E-state index in [0.29, 0.717) is 58.8 Å². The molecule has 0 atom stereocenters. The first-order valence-electron chi connectivity index (χ1n) is 15.1. The maximum absolute atomic E-state index is 13.6. The van der Waals surface area contributed by atoms with Gasteiger partial charge in [0.05, 0.1) is 17.3 Å². The first kappa shape index (κ1) is 30.3. The fourth-order valence-electron chi connectivity index (χ4n) is 6.21. The molecule has 2 fully saturated rings. The van der Waals surface area contributed by atoms with Crippen molar-refractivity contribution in [3.05, 3.63) is 76.6 Å². The second-order valence-electron chi connectivity index (χ2n) is 11.6. The summed E-state index contributed by atoms with van der Waals surface area (Å²) in [5.41, 5.74) is 3.52. The molecule has 0 aliphatic heterocycles. The highest BCUT2D eigenvalue weighted by molar-refractivity contribution is 6.30. The number of halogens is 1. The van der Waals surface area contributed by atoms with Crippen molar-refractivity contribution < 1.29 is 24.2 Å². The van der Waals surface area contributed by atoms with Gasteiger partial charge in [0.2, 0.25) is 5.91 Å². The van der Waals surface area contributed by atoms with Crippen LogP contribution in [0.3, 0.4) is 0 Å². The number of aliphatic carboxylic acids is 1. The van der Waals surface area contributed by atoms with Crippen LogP contribution in [0.2, 0.25) is 5.02 Å². The molecule has 10 nitrogen and oxygen atoms in total. The molecule has 2 amide bonds. The number of fused-ring (bicyclic) bond motifs is 1. The molecule has 2 aliphatic carbocycles. The molecule has 2 aromatic heterocycles. The van der Waals surface area contributed by atoms with E-state index in [1.807, 2.05) is 36.7 Å². The highest BCUT2D eigenvalue weighted by atomic mass is 35.5. The van der Waals surface area contributed by atoms with E-state index in [4.69, 9.17) is 21.4 Å². The summed E-state index contributed by atoms with van der Waals surface area (Å²) in [5, 5.41) is 16.4. The van der Waals surface area contributed by atoms with Gasteiger partial charge in [-0.05, 0) is 74.4 Å². The van der Waals surface area contributed by atoms with Gasteiger partial charge in [-0.1, -0.05) is 30.5 Å². The Morgan fingerprint density at radius 1 is 1.11 bits per heavy atom. The lowest BCUT2D eigenvalue weighted by atomic mass is 9.93. The monoisotopic (exact) mass is 627 g/mol. The Morgan fingerprint density at radius 3 is 2.51 bits per heavy atom. The van der Waals surface area contributed by atoms with Crippen LogP contribution >= 0.6 is 11.6 Å². The van der Waals surface area contributed by atoms with Crippen LogP contribution in [0.1, 0.15) is 72.9 Å². The fraction of sp³-hybridized carbons (Fsp3) is 0.324. The molecule has 6 rings (SSSR count). The number of hydrogen-bond donors (Lipinski definition) is 3. The summed E-state index contributed by atoms with van der Waals surface area (Å²) in [5.74, 6) is -0.306. The number of amides is 2. The lowest BCUT2D eigenvalue weighted by Crippen LogP contribution is -2.46. The zero-order chi connectivity index (χ0) is 31.7. The number of rotatable bonds is 10. The van der Waals surface area contributed by atoms with Gasteiger partial charge < -0.3 is 25.0 Å². The molecular formula is C34H34ClN5O5. The largest absolute Gasteiger partial charge is 0.493 e. The van der Waals surface area contributed by atoms with Crippen molar-refractivity contribution in [2.24, 2.45) is 7.05 Å². The molecule has 0 bridgehead atoms. The van der Waals surface area contributed by atoms with E-state index in [1.54, 1.807) is 30.6 Å². The third kappa shape index (κ3) is 6.15. The SMILES string of the molecule is CCOc1cc(NC(=O)C2(NC(=O)c3ccc4c(C5CCCC5)c(-c5ncc(Cl)cn5)n(C)c4c3)CC2)ccc1/C=C/C(=O)O. The number of nitrogens with zero attached hydrogens (tertiary/aromatic N) is 3. The van der Waals surface area contributed by atoms with Crippen molar-refractivity contribution in [1.82, 2.24) is 19.9 Å². The highest BCUT2D eigenvalue weighted by Gasteiger charge is 2.51. The van der Waals surface area contributed by atoms with E-state index in [-0.39, 0.29) is 11.8 Å². The van der Waals surface area contributed by atoms with Crippen molar-refractivity contribution in [2.45, 2.75) is 56.9 Å². The number of benzene rings is 2. The van der Waals surface area contributed by atoms with E-state index in [9.17, 15) is 14.4 Å². The molecule has 11 heteroatoms. The Morgan fingerprint density at radius 2 is 1.84 bits per heavy atom. The van der Waals surface area contributed by atoms with Crippen molar-refractivity contribution in [1.29, 1.82) is 0 Å². The Hall–Kier alpha value is -4.70. The molecular weight excluding hydrogens is 594 g/mol. The number of anilines is 1. The average Bonchev–Trinajstić information content (AvgIpc) is 3.48. The van der Waals surface area contributed by atoms with Crippen LogP contribution in [0, 0.1) is 0 Å². The second kappa shape index (κ2) is 12.4. The molecule has 2 saturated carbocycles. The van der Waals surface area contributed by atoms with Crippen molar-refractivity contribution in [3.63, 3.8) is 0 Å². The van der Waals surface area contributed by atoms with Crippen molar-refractivity contribution in [2.75, 3.05) is 11.9 Å². The van der Waals surface area contributed by atoms with E-state index in [2.05, 4.69) is 20.6 Å². The number of carbonyl (C=O) groups excluding carboxylic acids is 2. The highest BCUT2D eigenvalue weighted by Crippen LogP contribution is 2.44. The van der Waals surface area contributed by atoms with Crippen LogP contribution in [0.15, 0.2) is 54.9 Å². The van der Waals surface area contributed by atoms with Gasteiger partial charge in [-0.2, -0.15) is 0 Å². The third-order valence-corrected chi connectivity index (χ3v) is 8.81. The van der Waals surface area contributed by atoms with Crippen molar-refractivity contribution >= 4 is 52.1 Å². The summed E-state index contributed by atoms with van der Waals surface area (Å²) >= 11 is 6.08. The van der Waals surface area contributed by atoms with Gasteiger partial charge in [-0.3, -0.25) is 9.59 Å². The lowest BCUT2D eigenvalue weighted by molar-refractivity contribution is -0.131. The van der Waals surface area contributed by atoms with Gasteiger partial charge in [-0.25, -0.2) is 14.8 Å². The van der Waals surface area contributed by atoms with E-state index in [1.165, 1.54) is 24.5 Å². The van der Waals surface area contributed by atoms with Gasteiger partial charge in [-0.15, -0.1) is 0 Å². The van der Waals surface area contributed by atoms with Gasteiger partial charge in [0.1, 0.15) is 11.3 Å². The predicted molar refractivity (Wildman–Crippen MR) is 173 cm³/mol. The number of carbonyl (C=O) groups is 3. The summed E-state index contributed by atoms with van der Waals surface area (Å²) in [6.07, 6.45) is 11.2. The molecule has 0 saturated heterocycles. The summed E-state index contributed by atoms with van der Waals surface area (Å²) in [6, 6.07) is 10.7. The smallest absolute Gasteiger partial charge is 0.328 e. The van der Waals surface area contributed by atoms with Gasteiger partial charge >= 0.3 is 5.97 Å². The standard InChI is InChI=1S/C34H34ClN5O5/c1-3-45-27-17-24(11-8-20(27)10-13-28(41)42)38-33(44)34(14-15-34)39-32(43)22-9-12-25-26(16-22)40(2)30(29(25)21-6-4-5-7-21)31-36-18-23(35)19-37-31/h8-13,16-19,21H,3-7,14-15H2,1-2H3,(H,38,44)(H,39,43)(H,41,42)/b13-10+. The van der Waals surface area contributed by atoms with Crippen LogP contribution in [-0.2, 0) is 16.6 Å². The third-order valence-electron chi connectivity index (χ3n) is 8.61. The number of carboxylic acid groups (broad SMARTS) is 1. The number of aryl methyl sites for hydroxylation is 1. The van der Waals surface area contributed by atoms with Crippen LogP contribution in [0.25, 0.3) is 28.5 Å². The first-order chi connectivity index (χ1) is 21.7. The Labute approximate surface area is 265 Å². The normalized spacial score (nSPS) is 15.8. The molecule has 2 aliphatic rings. The fourth-order valence-corrected chi connectivity index (χ4v) is 6.30. The minimum Gasteiger partial charge on any atom is -0.493 e. The summed E-state index contributed by atoms with van der Waals surface area (Å²) in [7, 11) is 1.96. The molecule has 0 spiro atoms. The molecule has 45 heavy (non-hydrogen) atoms. The minimum absolute atomic E-state index is 0.322. The van der Waals surface area contributed by atoms with E-state index < -0.39 is 11.5 Å². The summed E-state index contributed by atoms with van der Waals surface area (Å²) in [6.45, 7) is 2.19. The zero-order valence-corrected chi connectivity index (χ0v) is 25.9. The molecule has 2 heterocycles. The number of ether oxygens (including phenoxy) is 1. The lowest BCUT2D eigenvalue weighted by Gasteiger charge is -2.18. The van der Waals surface area contributed by atoms with Crippen molar-refractivity contribution in [3.8, 4) is 17.3 Å². The predicted octanol–water partition coefficient (Wildman–Crippen LogP) is 6.34. The second-order valence-corrected chi connectivity index (χ2v) is 12.0. The molecule has 4 aromatic rings. The topological polar surface area (TPSA) is 135 Å². The summed E-state index contributed by atoms with van der Waals surface area (Å²) < 4.78 is 7.70. The van der Waals surface area contributed by atoms with E-state index in [0.717, 1.165) is 35.5 Å². The van der Waals surface area contributed by atoms with Crippen LogP contribution in [0.5, 0.6) is 5.75 Å². The number of carboxylic acids is 1. The van der Waals surface area contributed by atoms with Crippen LogP contribution in [0.4, 0.5) is 5.69 Å². The first-order valence-corrected chi connectivity index (χ1v) is 15.5. The Balaban J connectivity index is 1.24. The van der Waals surface area contributed by atoms with Gasteiger partial charge in [0, 0.05) is 59.3 Å². The molecule has 0 unspecified atom stereocenters. The molecule has 232 valence electrons. The number of nitrogens with one attached hydrogen (secondary N) is 2. The number of aromatic nitrogens is 3. The van der Waals surface area contributed by atoms with E-state index >= 15 is 0 Å². The molecule has 2 aromatic carbocycles. The maximum Gasteiger partial charge on any atom is 0.328 e.